The first-order valence-corrected chi connectivity index (χ1v) is 8.74. The van der Waals surface area contributed by atoms with Crippen LogP contribution in [-0.4, -0.2) is 26.7 Å². The van der Waals surface area contributed by atoms with Crippen molar-refractivity contribution in [3.63, 3.8) is 0 Å². The zero-order valence-corrected chi connectivity index (χ0v) is 14.2. The van der Waals surface area contributed by atoms with Gasteiger partial charge in [-0.1, -0.05) is 18.2 Å². The largest absolute Gasteiger partial charge is 0.325 e. The fourth-order valence-electron chi connectivity index (χ4n) is 2.09. The molecule has 0 heterocycles. The van der Waals surface area contributed by atoms with Crippen molar-refractivity contribution in [2.24, 2.45) is 0 Å². The zero-order chi connectivity index (χ0) is 17.7. The Bertz CT molecular complexity index is 858. The summed E-state index contributed by atoms with van der Waals surface area (Å²) in [5.41, 5.74) is 1.62. The van der Waals surface area contributed by atoms with Gasteiger partial charge in [0.2, 0.25) is 15.9 Å². The SMILES string of the molecule is CC(=O)c1ccc(NC(=O)CNS(=O)(=O)c2ccccc2C)cc1. The van der Waals surface area contributed by atoms with Crippen LogP contribution in [-0.2, 0) is 14.8 Å². The van der Waals surface area contributed by atoms with E-state index in [1.807, 2.05) is 0 Å². The maximum absolute atomic E-state index is 12.2. The summed E-state index contributed by atoms with van der Waals surface area (Å²) in [5, 5.41) is 2.57. The third-order valence-corrected chi connectivity index (χ3v) is 4.94. The number of sulfonamides is 1. The van der Waals surface area contributed by atoms with Crippen LogP contribution < -0.4 is 10.0 Å². The smallest absolute Gasteiger partial charge is 0.241 e. The van der Waals surface area contributed by atoms with Crippen molar-refractivity contribution < 1.29 is 18.0 Å². The van der Waals surface area contributed by atoms with Gasteiger partial charge in [-0.25, -0.2) is 13.1 Å². The van der Waals surface area contributed by atoms with Gasteiger partial charge in [-0.2, -0.15) is 0 Å². The van der Waals surface area contributed by atoms with E-state index in [1.54, 1.807) is 49.4 Å². The molecule has 0 bridgehead atoms. The number of Topliss-reactive ketones (excluding diaryl/α,β-unsaturated/α-hetero) is 1. The Hall–Kier alpha value is -2.51. The first kappa shape index (κ1) is 17.8. The second kappa shape index (κ2) is 7.37. The molecule has 0 saturated carbocycles. The lowest BCUT2D eigenvalue weighted by molar-refractivity contribution is -0.115. The van der Waals surface area contributed by atoms with Crippen LogP contribution in [0.15, 0.2) is 53.4 Å². The fourth-order valence-corrected chi connectivity index (χ4v) is 3.32. The van der Waals surface area contributed by atoms with Crippen LogP contribution in [0.25, 0.3) is 0 Å². The Morgan fingerprint density at radius 3 is 2.21 bits per heavy atom. The molecule has 2 aromatic carbocycles. The number of carbonyl (C=O) groups is 2. The summed E-state index contributed by atoms with van der Waals surface area (Å²) in [7, 11) is -3.75. The van der Waals surface area contributed by atoms with Crippen molar-refractivity contribution in [1.82, 2.24) is 4.72 Å². The second-order valence-electron chi connectivity index (χ2n) is 5.27. The monoisotopic (exact) mass is 346 g/mol. The van der Waals surface area contributed by atoms with Gasteiger partial charge in [0, 0.05) is 11.3 Å². The summed E-state index contributed by atoms with van der Waals surface area (Å²) in [4.78, 5) is 23.2. The molecule has 2 rings (SSSR count). The maximum Gasteiger partial charge on any atom is 0.241 e. The molecule has 2 aromatic rings. The molecule has 0 unspecified atom stereocenters. The average molecular weight is 346 g/mol. The Kier molecular flexibility index (Phi) is 5.48. The minimum Gasteiger partial charge on any atom is -0.325 e. The lowest BCUT2D eigenvalue weighted by atomic mass is 10.1. The van der Waals surface area contributed by atoms with E-state index in [0.29, 0.717) is 16.8 Å². The van der Waals surface area contributed by atoms with Gasteiger partial charge >= 0.3 is 0 Å². The highest BCUT2D eigenvalue weighted by Gasteiger charge is 2.17. The van der Waals surface area contributed by atoms with Crippen molar-refractivity contribution in [2.45, 2.75) is 18.7 Å². The number of hydrogen-bond donors (Lipinski definition) is 2. The van der Waals surface area contributed by atoms with Gasteiger partial charge in [-0.3, -0.25) is 9.59 Å². The van der Waals surface area contributed by atoms with Gasteiger partial charge in [-0.15, -0.1) is 0 Å². The average Bonchev–Trinajstić information content (AvgIpc) is 2.54. The van der Waals surface area contributed by atoms with Crippen molar-refractivity contribution >= 4 is 27.4 Å². The quantitative estimate of drug-likeness (QED) is 0.784. The Morgan fingerprint density at radius 1 is 1.00 bits per heavy atom. The van der Waals surface area contributed by atoms with Crippen LogP contribution in [0.5, 0.6) is 0 Å². The molecule has 7 heteroatoms. The molecule has 0 spiro atoms. The molecule has 0 aliphatic rings. The Balaban J connectivity index is 1.98. The molecule has 0 fully saturated rings. The van der Waals surface area contributed by atoms with Crippen molar-refractivity contribution in [1.29, 1.82) is 0 Å². The van der Waals surface area contributed by atoms with Crippen LogP contribution in [0, 0.1) is 6.92 Å². The summed E-state index contributed by atoms with van der Waals surface area (Å²) < 4.78 is 26.7. The predicted octanol–water partition coefficient (Wildman–Crippen LogP) is 2.11. The first-order valence-electron chi connectivity index (χ1n) is 7.26. The Labute approximate surface area is 140 Å². The number of rotatable bonds is 6. The summed E-state index contributed by atoms with van der Waals surface area (Å²) in [5.74, 6) is -0.568. The molecule has 2 N–H and O–H groups in total. The second-order valence-corrected chi connectivity index (χ2v) is 7.01. The van der Waals surface area contributed by atoms with Gasteiger partial charge in [0.15, 0.2) is 5.78 Å². The van der Waals surface area contributed by atoms with Crippen molar-refractivity contribution in [3.05, 3.63) is 59.7 Å². The number of nitrogens with one attached hydrogen (secondary N) is 2. The van der Waals surface area contributed by atoms with Gasteiger partial charge in [0.1, 0.15) is 0 Å². The summed E-state index contributed by atoms with van der Waals surface area (Å²) in [6.45, 7) is 2.75. The van der Waals surface area contributed by atoms with Crippen molar-refractivity contribution in [2.75, 3.05) is 11.9 Å². The molecule has 126 valence electrons. The molecular weight excluding hydrogens is 328 g/mol. The summed E-state index contributed by atoms with van der Waals surface area (Å²) >= 11 is 0. The minimum absolute atomic E-state index is 0.0705. The molecule has 0 aromatic heterocycles. The molecule has 0 atom stereocenters. The van der Waals surface area contributed by atoms with E-state index in [2.05, 4.69) is 10.0 Å². The number of ketones is 1. The summed E-state index contributed by atoms with van der Waals surface area (Å²) in [6, 6.07) is 12.9. The number of amides is 1. The lowest BCUT2D eigenvalue weighted by Crippen LogP contribution is -2.33. The van der Waals surface area contributed by atoms with Crippen LogP contribution in [0.4, 0.5) is 5.69 Å². The molecule has 0 saturated heterocycles. The number of anilines is 1. The number of aryl methyl sites for hydroxylation is 1. The third kappa shape index (κ3) is 4.50. The molecule has 0 aliphatic carbocycles. The van der Waals surface area contributed by atoms with Crippen LogP contribution >= 0.6 is 0 Å². The third-order valence-electron chi connectivity index (χ3n) is 3.38. The topological polar surface area (TPSA) is 92.3 Å². The number of carbonyl (C=O) groups excluding carboxylic acids is 2. The molecule has 24 heavy (non-hydrogen) atoms. The maximum atomic E-state index is 12.2. The molecule has 1 amide bonds. The highest BCUT2D eigenvalue weighted by molar-refractivity contribution is 7.89. The number of hydrogen-bond acceptors (Lipinski definition) is 4. The Morgan fingerprint density at radius 2 is 1.62 bits per heavy atom. The first-order chi connectivity index (χ1) is 11.3. The normalized spacial score (nSPS) is 11.1. The summed E-state index contributed by atoms with van der Waals surface area (Å²) in [6.07, 6.45) is 0. The van der Waals surface area contributed by atoms with Crippen LogP contribution in [0.1, 0.15) is 22.8 Å². The number of benzene rings is 2. The fraction of sp³-hybridized carbons (Fsp3) is 0.176. The molecule has 0 radical (unpaired) electrons. The van der Waals surface area contributed by atoms with E-state index in [-0.39, 0.29) is 17.2 Å². The van der Waals surface area contributed by atoms with Gasteiger partial charge in [0.25, 0.3) is 0 Å². The molecule has 0 aliphatic heterocycles. The van der Waals surface area contributed by atoms with E-state index in [0.717, 1.165) is 0 Å². The van der Waals surface area contributed by atoms with E-state index < -0.39 is 15.9 Å². The lowest BCUT2D eigenvalue weighted by Gasteiger charge is -2.10. The van der Waals surface area contributed by atoms with Crippen LogP contribution in [0.3, 0.4) is 0 Å². The van der Waals surface area contributed by atoms with Gasteiger partial charge in [-0.05, 0) is 49.7 Å². The highest BCUT2D eigenvalue weighted by Crippen LogP contribution is 2.14. The van der Waals surface area contributed by atoms with E-state index in [4.69, 9.17) is 0 Å². The van der Waals surface area contributed by atoms with Gasteiger partial charge in [0.05, 0.1) is 11.4 Å². The molecule has 6 nitrogen and oxygen atoms in total. The standard InChI is InChI=1S/C17H18N2O4S/c1-12-5-3-4-6-16(12)24(22,23)18-11-17(21)19-15-9-7-14(8-10-15)13(2)20/h3-10,18H,11H2,1-2H3,(H,19,21). The van der Waals surface area contributed by atoms with Crippen molar-refractivity contribution in [3.8, 4) is 0 Å². The zero-order valence-electron chi connectivity index (χ0n) is 13.4. The highest BCUT2D eigenvalue weighted by atomic mass is 32.2. The van der Waals surface area contributed by atoms with E-state index in [1.165, 1.54) is 13.0 Å². The minimum atomic E-state index is -3.75. The predicted molar refractivity (Wildman–Crippen MR) is 91.4 cm³/mol. The van der Waals surface area contributed by atoms with Crippen LogP contribution in [0.2, 0.25) is 0 Å². The van der Waals surface area contributed by atoms with E-state index in [9.17, 15) is 18.0 Å². The van der Waals surface area contributed by atoms with E-state index >= 15 is 0 Å². The molecular formula is C17H18N2O4S. The van der Waals surface area contributed by atoms with Gasteiger partial charge < -0.3 is 5.32 Å².